The van der Waals surface area contributed by atoms with E-state index < -0.39 is 9.84 Å². The summed E-state index contributed by atoms with van der Waals surface area (Å²) in [5.74, 6) is 0.837. The molecule has 0 aromatic carbocycles. The normalized spacial score (nSPS) is 32.4. The minimum Gasteiger partial charge on any atom is -0.338 e. The summed E-state index contributed by atoms with van der Waals surface area (Å²) in [6.07, 6.45) is 1.61. The first-order chi connectivity index (χ1) is 9.86. The summed E-state index contributed by atoms with van der Waals surface area (Å²) in [6, 6.07) is 0.226. The van der Waals surface area contributed by atoms with Crippen LogP contribution in [0.25, 0.3) is 0 Å². The highest BCUT2D eigenvalue weighted by molar-refractivity contribution is 7.91. The first kappa shape index (κ1) is 16.7. The third-order valence-corrected chi connectivity index (χ3v) is 6.52. The number of sulfone groups is 1. The van der Waals surface area contributed by atoms with Gasteiger partial charge in [0.1, 0.15) is 0 Å². The summed E-state index contributed by atoms with van der Waals surface area (Å²) in [4.78, 5) is 16.4. The number of likely N-dealkylation sites (N-methyl/N-ethyl adjacent to an activating group) is 1. The fourth-order valence-electron chi connectivity index (χ4n) is 3.53. The standard InChI is InChI=1S/C14H27N3O3S/c1-3-17(13-4-5-21(19,20)10-13)14(18)9-16-8-12(7-15)6-11(16)2/h11-13H,3-10,15H2,1-2H3. The molecular formula is C14H27N3O3S. The van der Waals surface area contributed by atoms with Crippen molar-refractivity contribution in [2.24, 2.45) is 11.7 Å². The van der Waals surface area contributed by atoms with Crippen molar-refractivity contribution in [2.75, 3.05) is 37.7 Å². The first-order valence-electron chi connectivity index (χ1n) is 7.80. The van der Waals surface area contributed by atoms with Crippen molar-refractivity contribution in [3.05, 3.63) is 0 Å². The maximum Gasteiger partial charge on any atom is 0.237 e. The van der Waals surface area contributed by atoms with Gasteiger partial charge in [0.2, 0.25) is 5.91 Å². The molecule has 6 nitrogen and oxygen atoms in total. The van der Waals surface area contributed by atoms with Crippen LogP contribution < -0.4 is 5.73 Å². The van der Waals surface area contributed by atoms with Gasteiger partial charge in [0.25, 0.3) is 0 Å². The van der Waals surface area contributed by atoms with Gasteiger partial charge in [-0.15, -0.1) is 0 Å². The van der Waals surface area contributed by atoms with Gasteiger partial charge in [-0.25, -0.2) is 8.42 Å². The Morgan fingerprint density at radius 3 is 2.62 bits per heavy atom. The molecular weight excluding hydrogens is 290 g/mol. The molecule has 0 radical (unpaired) electrons. The SMILES string of the molecule is CCN(C(=O)CN1CC(CN)CC1C)C1CCS(=O)(=O)C1. The van der Waals surface area contributed by atoms with E-state index >= 15 is 0 Å². The molecule has 3 unspecified atom stereocenters. The maximum absolute atomic E-state index is 12.5. The van der Waals surface area contributed by atoms with Gasteiger partial charge in [0.15, 0.2) is 9.84 Å². The van der Waals surface area contributed by atoms with Gasteiger partial charge in [0, 0.05) is 25.2 Å². The number of nitrogens with zero attached hydrogens (tertiary/aromatic N) is 2. The average molecular weight is 317 g/mol. The molecule has 1 amide bonds. The Hall–Kier alpha value is -0.660. The molecule has 2 fully saturated rings. The van der Waals surface area contributed by atoms with Crippen molar-refractivity contribution >= 4 is 15.7 Å². The summed E-state index contributed by atoms with van der Waals surface area (Å²) in [5.41, 5.74) is 5.72. The fraction of sp³-hybridized carbons (Fsp3) is 0.929. The van der Waals surface area contributed by atoms with Crippen LogP contribution in [0, 0.1) is 5.92 Å². The van der Waals surface area contributed by atoms with E-state index in [0.717, 1.165) is 13.0 Å². The molecule has 3 atom stereocenters. The van der Waals surface area contributed by atoms with Crippen molar-refractivity contribution in [1.29, 1.82) is 0 Å². The lowest BCUT2D eigenvalue weighted by atomic mass is 10.1. The van der Waals surface area contributed by atoms with E-state index in [1.807, 2.05) is 6.92 Å². The molecule has 2 saturated heterocycles. The quantitative estimate of drug-likeness (QED) is 0.752. The molecule has 0 aromatic rings. The third kappa shape index (κ3) is 3.96. The largest absolute Gasteiger partial charge is 0.338 e. The van der Waals surface area contributed by atoms with Crippen LogP contribution in [0.2, 0.25) is 0 Å². The number of carbonyl (C=O) groups excluding carboxylic acids is 1. The summed E-state index contributed by atoms with van der Waals surface area (Å²) in [5, 5.41) is 0. The third-order valence-electron chi connectivity index (χ3n) is 4.77. The number of hydrogen-bond donors (Lipinski definition) is 1. The lowest BCUT2D eigenvalue weighted by Crippen LogP contribution is -2.47. The van der Waals surface area contributed by atoms with Gasteiger partial charge in [-0.05, 0) is 39.2 Å². The average Bonchev–Trinajstić information content (AvgIpc) is 2.94. The Morgan fingerprint density at radius 1 is 1.43 bits per heavy atom. The molecule has 0 bridgehead atoms. The number of carbonyl (C=O) groups is 1. The minimum atomic E-state index is -2.96. The van der Waals surface area contributed by atoms with E-state index in [0.29, 0.717) is 38.0 Å². The van der Waals surface area contributed by atoms with E-state index in [1.165, 1.54) is 0 Å². The Balaban J connectivity index is 1.95. The number of hydrogen-bond acceptors (Lipinski definition) is 5. The summed E-state index contributed by atoms with van der Waals surface area (Å²) < 4.78 is 23.2. The Bertz CT molecular complexity index is 480. The minimum absolute atomic E-state index is 0.0455. The van der Waals surface area contributed by atoms with Gasteiger partial charge in [-0.2, -0.15) is 0 Å². The van der Waals surface area contributed by atoms with Gasteiger partial charge in [-0.3, -0.25) is 9.69 Å². The van der Waals surface area contributed by atoms with Gasteiger partial charge < -0.3 is 10.6 Å². The van der Waals surface area contributed by atoms with Crippen molar-refractivity contribution in [3.8, 4) is 0 Å². The van der Waals surface area contributed by atoms with E-state index in [4.69, 9.17) is 5.73 Å². The molecule has 2 aliphatic rings. The van der Waals surface area contributed by atoms with Crippen molar-refractivity contribution in [2.45, 2.75) is 38.8 Å². The van der Waals surface area contributed by atoms with Crippen LogP contribution in [-0.4, -0.2) is 73.9 Å². The number of rotatable bonds is 5. The summed E-state index contributed by atoms with van der Waals surface area (Å²) in [6.45, 7) is 6.51. The van der Waals surface area contributed by atoms with E-state index in [-0.39, 0.29) is 23.5 Å². The molecule has 2 aliphatic heterocycles. The number of nitrogens with two attached hydrogens (primary N) is 1. The van der Waals surface area contributed by atoms with Crippen LogP contribution in [0.1, 0.15) is 26.7 Å². The zero-order chi connectivity index (χ0) is 15.6. The summed E-state index contributed by atoms with van der Waals surface area (Å²) >= 11 is 0. The molecule has 7 heteroatoms. The van der Waals surface area contributed by atoms with E-state index in [2.05, 4.69) is 11.8 Å². The van der Waals surface area contributed by atoms with Crippen LogP contribution in [0.5, 0.6) is 0 Å². The lowest BCUT2D eigenvalue weighted by molar-refractivity contribution is -0.134. The van der Waals surface area contributed by atoms with E-state index in [1.54, 1.807) is 4.90 Å². The fourth-order valence-corrected chi connectivity index (χ4v) is 5.26. The van der Waals surface area contributed by atoms with Crippen LogP contribution in [-0.2, 0) is 14.6 Å². The molecule has 0 saturated carbocycles. The van der Waals surface area contributed by atoms with E-state index in [9.17, 15) is 13.2 Å². The zero-order valence-corrected chi connectivity index (χ0v) is 13.8. The monoisotopic (exact) mass is 317 g/mol. The highest BCUT2D eigenvalue weighted by Gasteiger charge is 2.36. The predicted octanol–water partition coefficient (Wildman–Crippen LogP) is -0.309. The second kappa shape index (κ2) is 6.62. The second-order valence-electron chi connectivity index (χ2n) is 6.35. The van der Waals surface area contributed by atoms with Crippen molar-refractivity contribution in [1.82, 2.24) is 9.80 Å². The number of likely N-dealkylation sites (tertiary alicyclic amines) is 1. The smallest absolute Gasteiger partial charge is 0.237 e. The van der Waals surface area contributed by atoms with Crippen LogP contribution in [0.15, 0.2) is 0 Å². The van der Waals surface area contributed by atoms with Crippen molar-refractivity contribution < 1.29 is 13.2 Å². The lowest BCUT2D eigenvalue weighted by Gasteiger charge is -2.30. The van der Waals surface area contributed by atoms with Crippen molar-refractivity contribution in [3.63, 3.8) is 0 Å². The second-order valence-corrected chi connectivity index (χ2v) is 8.58. The zero-order valence-electron chi connectivity index (χ0n) is 13.0. The Labute approximate surface area is 127 Å². The molecule has 2 rings (SSSR count). The highest BCUT2D eigenvalue weighted by atomic mass is 32.2. The van der Waals surface area contributed by atoms with Gasteiger partial charge in [-0.1, -0.05) is 0 Å². The predicted molar refractivity (Wildman–Crippen MR) is 82.6 cm³/mol. The molecule has 0 spiro atoms. The number of amides is 1. The first-order valence-corrected chi connectivity index (χ1v) is 9.62. The molecule has 122 valence electrons. The van der Waals surface area contributed by atoms with Crippen LogP contribution in [0.3, 0.4) is 0 Å². The molecule has 21 heavy (non-hydrogen) atoms. The molecule has 2 heterocycles. The Kier molecular flexibility index (Phi) is 5.27. The topological polar surface area (TPSA) is 83.7 Å². The summed E-state index contributed by atoms with van der Waals surface area (Å²) in [7, 11) is -2.96. The van der Waals surface area contributed by atoms with Crippen LogP contribution in [0.4, 0.5) is 0 Å². The van der Waals surface area contributed by atoms with Crippen LogP contribution >= 0.6 is 0 Å². The highest BCUT2D eigenvalue weighted by Crippen LogP contribution is 2.23. The molecule has 0 aromatic heterocycles. The van der Waals surface area contributed by atoms with Gasteiger partial charge >= 0.3 is 0 Å². The van der Waals surface area contributed by atoms with Gasteiger partial charge in [0.05, 0.1) is 18.1 Å². The Morgan fingerprint density at radius 2 is 2.14 bits per heavy atom. The molecule has 2 N–H and O–H groups in total. The maximum atomic E-state index is 12.5. The molecule has 0 aliphatic carbocycles.